The summed E-state index contributed by atoms with van der Waals surface area (Å²) in [6, 6.07) is 10.0. The fourth-order valence-electron chi connectivity index (χ4n) is 1.82. The van der Waals surface area contributed by atoms with Crippen LogP contribution in [0.1, 0.15) is 10.4 Å². The minimum Gasteiger partial charge on any atom is -0.345 e. The van der Waals surface area contributed by atoms with Crippen LogP contribution in [0.4, 0.5) is 21.5 Å². The predicted octanol–water partition coefficient (Wildman–Crippen LogP) is 3.31. The summed E-state index contributed by atoms with van der Waals surface area (Å²) >= 11 is 0. The molecule has 0 aliphatic rings. The van der Waals surface area contributed by atoms with E-state index in [-0.39, 0.29) is 17.1 Å². The first kappa shape index (κ1) is 13.7. The zero-order chi connectivity index (χ0) is 14.7. The van der Waals surface area contributed by atoms with Gasteiger partial charge in [0.2, 0.25) is 0 Å². The number of hydrogen-bond donors (Lipinski definition) is 0. The van der Waals surface area contributed by atoms with E-state index in [0.717, 1.165) is 0 Å². The number of nitrogens with zero attached hydrogens (tertiary/aromatic N) is 2. The number of hydrogen-bond acceptors (Lipinski definition) is 4. The molecule has 2 aromatic carbocycles. The van der Waals surface area contributed by atoms with Gasteiger partial charge in [0.05, 0.1) is 10.5 Å². The van der Waals surface area contributed by atoms with Crippen molar-refractivity contribution in [2.75, 3.05) is 11.9 Å². The number of anilines is 2. The van der Waals surface area contributed by atoms with Crippen molar-refractivity contribution >= 4 is 23.3 Å². The second-order valence-electron chi connectivity index (χ2n) is 4.15. The Hall–Kier alpha value is -2.76. The summed E-state index contributed by atoms with van der Waals surface area (Å²) in [5, 5.41) is 10.8. The minimum absolute atomic E-state index is 0.00135. The molecule has 0 unspecified atom stereocenters. The summed E-state index contributed by atoms with van der Waals surface area (Å²) in [6.07, 6.45) is 0.445. The lowest BCUT2D eigenvalue weighted by Crippen LogP contribution is -2.10. The zero-order valence-corrected chi connectivity index (χ0v) is 10.6. The molecule has 0 aliphatic carbocycles. The molecule has 0 saturated heterocycles. The Bertz CT molecular complexity index is 656. The van der Waals surface area contributed by atoms with Gasteiger partial charge in [-0.15, -0.1) is 0 Å². The molecule has 20 heavy (non-hydrogen) atoms. The van der Waals surface area contributed by atoms with Gasteiger partial charge in [-0.1, -0.05) is 0 Å². The molecule has 0 bridgehead atoms. The molecule has 2 aromatic rings. The van der Waals surface area contributed by atoms with Crippen LogP contribution in [0.5, 0.6) is 0 Å². The van der Waals surface area contributed by atoms with Crippen molar-refractivity contribution in [3.63, 3.8) is 0 Å². The van der Waals surface area contributed by atoms with Crippen LogP contribution >= 0.6 is 0 Å². The highest BCUT2D eigenvalue weighted by molar-refractivity contribution is 5.84. The smallest absolute Gasteiger partial charge is 0.280 e. The zero-order valence-electron chi connectivity index (χ0n) is 10.6. The Morgan fingerprint density at radius 2 is 1.75 bits per heavy atom. The molecule has 0 aromatic heterocycles. The highest BCUT2D eigenvalue weighted by atomic mass is 19.1. The largest absolute Gasteiger partial charge is 0.345 e. The second kappa shape index (κ2) is 5.48. The summed E-state index contributed by atoms with van der Waals surface area (Å²) in [4.78, 5) is 22.8. The van der Waals surface area contributed by atoms with E-state index in [9.17, 15) is 19.3 Å². The predicted molar refractivity (Wildman–Crippen MR) is 72.9 cm³/mol. The lowest BCUT2D eigenvalue weighted by molar-refractivity contribution is -0.385. The normalized spacial score (nSPS) is 10.1. The third kappa shape index (κ3) is 2.64. The Morgan fingerprint density at radius 1 is 1.15 bits per heavy atom. The van der Waals surface area contributed by atoms with Crippen molar-refractivity contribution < 1.29 is 14.1 Å². The average Bonchev–Trinajstić information content (AvgIpc) is 2.46. The maximum absolute atomic E-state index is 12.9. The molecule has 102 valence electrons. The number of carbonyl (C=O) groups excluding carboxylic acids is 1. The molecule has 0 fully saturated rings. The minimum atomic E-state index is -0.606. The number of nitro benzene ring substituents is 1. The Balaban J connectivity index is 2.40. The third-order valence-electron chi connectivity index (χ3n) is 2.94. The van der Waals surface area contributed by atoms with Crippen LogP contribution in [0.3, 0.4) is 0 Å². The van der Waals surface area contributed by atoms with Crippen molar-refractivity contribution in [3.8, 4) is 0 Å². The molecule has 5 nitrogen and oxygen atoms in total. The summed E-state index contributed by atoms with van der Waals surface area (Å²) in [5.41, 5.74) is 1.07. The molecule has 2 rings (SSSR count). The Kier molecular flexibility index (Phi) is 3.74. The van der Waals surface area contributed by atoms with Crippen LogP contribution in [0.15, 0.2) is 42.5 Å². The van der Waals surface area contributed by atoms with Crippen LogP contribution in [0.25, 0.3) is 0 Å². The number of rotatable bonds is 4. The van der Waals surface area contributed by atoms with Gasteiger partial charge in [-0.25, -0.2) is 4.39 Å². The summed E-state index contributed by atoms with van der Waals surface area (Å²) < 4.78 is 12.9. The van der Waals surface area contributed by atoms with Gasteiger partial charge in [0.25, 0.3) is 5.69 Å². The number of halogens is 1. The quantitative estimate of drug-likeness (QED) is 0.487. The van der Waals surface area contributed by atoms with Crippen LogP contribution in [0, 0.1) is 15.9 Å². The maximum Gasteiger partial charge on any atom is 0.280 e. The van der Waals surface area contributed by atoms with E-state index < -0.39 is 4.92 Å². The summed E-state index contributed by atoms with van der Waals surface area (Å²) in [6.45, 7) is 0. The lowest BCUT2D eigenvalue weighted by atomic mass is 10.1. The van der Waals surface area contributed by atoms with E-state index >= 15 is 0 Å². The molecule has 0 spiro atoms. The topological polar surface area (TPSA) is 63.4 Å². The Labute approximate surface area is 114 Å². The third-order valence-corrected chi connectivity index (χ3v) is 2.94. The standard InChI is InChI=1S/C14H11FN2O3/c1-16(12-4-2-11(15)3-5-12)13-6-7-14(17(19)20)10(8-13)9-18/h2-9H,1H3. The monoisotopic (exact) mass is 274 g/mol. The van der Waals surface area contributed by atoms with Gasteiger partial charge in [0.1, 0.15) is 5.82 Å². The number of aldehydes is 1. The molecule has 0 amide bonds. The average molecular weight is 274 g/mol. The van der Waals surface area contributed by atoms with Crippen molar-refractivity contribution in [2.45, 2.75) is 0 Å². The second-order valence-corrected chi connectivity index (χ2v) is 4.15. The van der Waals surface area contributed by atoms with Crippen LogP contribution in [-0.2, 0) is 0 Å². The van der Waals surface area contributed by atoms with E-state index in [4.69, 9.17) is 0 Å². The molecule has 0 N–H and O–H groups in total. The van der Waals surface area contributed by atoms with Gasteiger partial charge in [-0.3, -0.25) is 14.9 Å². The first-order valence-corrected chi connectivity index (χ1v) is 5.76. The molecule has 0 saturated carbocycles. The SMILES string of the molecule is CN(c1ccc(F)cc1)c1ccc([N+](=O)[O-])c(C=O)c1. The summed E-state index contributed by atoms with van der Waals surface area (Å²) in [5.74, 6) is -0.348. The highest BCUT2D eigenvalue weighted by Crippen LogP contribution is 2.28. The molecular weight excluding hydrogens is 263 g/mol. The van der Waals surface area contributed by atoms with Gasteiger partial charge >= 0.3 is 0 Å². The number of nitro groups is 1. The maximum atomic E-state index is 12.9. The molecule has 0 heterocycles. The molecule has 6 heteroatoms. The van der Waals surface area contributed by atoms with Crippen molar-refractivity contribution in [1.29, 1.82) is 0 Å². The fourth-order valence-corrected chi connectivity index (χ4v) is 1.82. The van der Waals surface area contributed by atoms with Crippen LogP contribution in [-0.4, -0.2) is 18.3 Å². The molecular formula is C14H11FN2O3. The summed E-state index contributed by atoms with van der Waals surface area (Å²) in [7, 11) is 1.73. The first-order chi connectivity index (χ1) is 9.52. The van der Waals surface area contributed by atoms with Gasteiger partial charge in [-0.2, -0.15) is 0 Å². The number of benzene rings is 2. The van der Waals surface area contributed by atoms with E-state index in [1.165, 1.54) is 30.3 Å². The van der Waals surface area contributed by atoms with Gasteiger partial charge in [0, 0.05) is 24.5 Å². The highest BCUT2D eigenvalue weighted by Gasteiger charge is 2.15. The Morgan fingerprint density at radius 3 is 2.30 bits per heavy atom. The van der Waals surface area contributed by atoms with Crippen LogP contribution in [0.2, 0.25) is 0 Å². The van der Waals surface area contributed by atoms with E-state index in [1.54, 1.807) is 24.1 Å². The first-order valence-electron chi connectivity index (χ1n) is 5.76. The molecule has 0 radical (unpaired) electrons. The van der Waals surface area contributed by atoms with E-state index in [0.29, 0.717) is 17.7 Å². The van der Waals surface area contributed by atoms with Crippen molar-refractivity contribution in [1.82, 2.24) is 0 Å². The lowest BCUT2D eigenvalue weighted by Gasteiger charge is -2.19. The van der Waals surface area contributed by atoms with Crippen LogP contribution < -0.4 is 4.90 Å². The van der Waals surface area contributed by atoms with Gasteiger partial charge in [-0.05, 0) is 36.4 Å². The van der Waals surface area contributed by atoms with E-state index in [2.05, 4.69) is 0 Å². The van der Waals surface area contributed by atoms with Gasteiger partial charge < -0.3 is 4.90 Å². The van der Waals surface area contributed by atoms with Crippen molar-refractivity contribution in [2.24, 2.45) is 0 Å². The van der Waals surface area contributed by atoms with Crippen molar-refractivity contribution in [3.05, 3.63) is 64.0 Å². The number of carbonyl (C=O) groups is 1. The fraction of sp³-hybridized carbons (Fsp3) is 0.0714. The molecule has 0 aliphatic heterocycles. The van der Waals surface area contributed by atoms with E-state index in [1.807, 2.05) is 0 Å². The molecule has 0 atom stereocenters. The van der Waals surface area contributed by atoms with Gasteiger partial charge in [0.15, 0.2) is 6.29 Å².